The van der Waals surface area contributed by atoms with Crippen LogP contribution in [0.25, 0.3) is 0 Å². The number of methoxy groups -OCH3 is 1. The summed E-state index contributed by atoms with van der Waals surface area (Å²) in [6, 6.07) is 20.9. The zero-order valence-electron chi connectivity index (χ0n) is 20.7. The molecule has 190 valence electrons. The monoisotopic (exact) mass is 510 g/mol. The molecule has 36 heavy (non-hydrogen) atoms. The number of carbonyl (C=O) groups is 1. The molecule has 0 bridgehead atoms. The van der Waals surface area contributed by atoms with E-state index in [1.54, 1.807) is 55.6 Å². The van der Waals surface area contributed by atoms with Crippen molar-refractivity contribution in [1.82, 2.24) is 5.32 Å². The van der Waals surface area contributed by atoms with Crippen LogP contribution in [-0.4, -0.2) is 39.8 Å². The number of anilines is 1. The van der Waals surface area contributed by atoms with Crippen molar-refractivity contribution in [3.05, 3.63) is 78.4 Å². The Morgan fingerprint density at radius 1 is 1.06 bits per heavy atom. The number of ether oxygens (including phenoxy) is 3. The van der Waals surface area contributed by atoms with Crippen molar-refractivity contribution >= 4 is 21.6 Å². The third kappa shape index (κ3) is 5.91. The first-order valence-electron chi connectivity index (χ1n) is 11.5. The lowest BCUT2D eigenvalue weighted by Gasteiger charge is -2.38. The van der Waals surface area contributed by atoms with Crippen molar-refractivity contribution in [2.75, 3.05) is 24.2 Å². The van der Waals surface area contributed by atoms with E-state index in [4.69, 9.17) is 14.2 Å². The molecular weight excluding hydrogens is 480 g/mol. The van der Waals surface area contributed by atoms with E-state index in [9.17, 15) is 13.2 Å². The second-order valence-electron chi connectivity index (χ2n) is 9.24. The van der Waals surface area contributed by atoms with Gasteiger partial charge in [-0.3, -0.25) is 9.10 Å². The van der Waals surface area contributed by atoms with Gasteiger partial charge in [-0.25, -0.2) is 8.42 Å². The first-order chi connectivity index (χ1) is 17.1. The molecule has 8 nitrogen and oxygen atoms in total. The highest BCUT2D eigenvalue weighted by molar-refractivity contribution is 7.92. The molecule has 1 amide bonds. The van der Waals surface area contributed by atoms with Gasteiger partial charge < -0.3 is 19.5 Å². The average molecular weight is 511 g/mol. The molecule has 0 radical (unpaired) electrons. The van der Waals surface area contributed by atoms with Gasteiger partial charge in [0.25, 0.3) is 0 Å². The summed E-state index contributed by atoms with van der Waals surface area (Å²) in [5.74, 6) is 1.71. The molecular formula is C27H30N2O6S. The molecule has 1 aliphatic rings. The van der Waals surface area contributed by atoms with Gasteiger partial charge >= 0.3 is 0 Å². The molecule has 3 aromatic carbocycles. The molecule has 0 fully saturated rings. The topological polar surface area (TPSA) is 94.2 Å². The SMILES string of the molecule is COc1ccc2c(c1)OC(C)(C)CC2NC(=O)CN(c1ccccc1Oc1ccccc1)S(C)(=O)=O. The number of nitrogens with zero attached hydrogens (tertiary/aromatic N) is 1. The number of benzene rings is 3. The van der Waals surface area contributed by atoms with Crippen molar-refractivity contribution in [3.63, 3.8) is 0 Å². The number of carbonyl (C=O) groups excluding carboxylic acids is 1. The Balaban J connectivity index is 1.59. The lowest BCUT2D eigenvalue weighted by Crippen LogP contribution is -2.45. The second-order valence-corrected chi connectivity index (χ2v) is 11.1. The minimum Gasteiger partial charge on any atom is -0.497 e. The highest BCUT2D eigenvalue weighted by atomic mass is 32.2. The molecule has 0 spiro atoms. The summed E-state index contributed by atoms with van der Waals surface area (Å²) < 4.78 is 44.0. The Bertz CT molecular complexity index is 1340. The van der Waals surface area contributed by atoms with Crippen molar-refractivity contribution in [1.29, 1.82) is 0 Å². The maximum absolute atomic E-state index is 13.2. The van der Waals surface area contributed by atoms with Crippen molar-refractivity contribution in [3.8, 4) is 23.0 Å². The van der Waals surface area contributed by atoms with Crippen LogP contribution in [0.4, 0.5) is 5.69 Å². The van der Waals surface area contributed by atoms with Gasteiger partial charge in [0, 0.05) is 18.1 Å². The molecule has 0 aliphatic carbocycles. The molecule has 1 heterocycles. The minimum atomic E-state index is -3.81. The van der Waals surface area contributed by atoms with Gasteiger partial charge in [0.15, 0.2) is 5.75 Å². The fourth-order valence-electron chi connectivity index (χ4n) is 4.20. The van der Waals surface area contributed by atoms with Crippen LogP contribution < -0.4 is 23.8 Å². The summed E-state index contributed by atoms with van der Waals surface area (Å²) in [5, 5.41) is 3.00. The molecule has 0 saturated carbocycles. The van der Waals surface area contributed by atoms with E-state index < -0.39 is 28.1 Å². The molecule has 1 unspecified atom stereocenters. The maximum Gasteiger partial charge on any atom is 0.241 e. The minimum absolute atomic E-state index is 0.274. The maximum atomic E-state index is 13.2. The highest BCUT2D eigenvalue weighted by Gasteiger charge is 2.35. The lowest BCUT2D eigenvalue weighted by molar-refractivity contribution is -0.120. The van der Waals surface area contributed by atoms with Crippen LogP contribution >= 0.6 is 0 Å². The fourth-order valence-corrected chi connectivity index (χ4v) is 5.06. The van der Waals surface area contributed by atoms with Crippen LogP contribution in [0.2, 0.25) is 0 Å². The zero-order valence-corrected chi connectivity index (χ0v) is 21.5. The molecule has 4 rings (SSSR count). The lowest BCUT2D eigenvalue weighted by atomic mass is 9.89. The smallest absolute Gasteiger partial charge is 0.241 e. The van der Waals surface area contributed by atoms with Crippen molar-refractivity contribution < 1.29 is 27.4 Å². The van der Waals surface area contributed by atoms with Crippen LogP contribution in [0.3, 0.4) is 0 Å². The fraction of sp³-hybridized carbons (Fsp3) is 0.296. The van der Waals surface area contributed by atoms with E-state index >= 15 is 0 Å². The normalized spacial score (nSPS) is 16.3. The van der Waals surface area contributed by atoms with Gasteiger partial charge in [-0.1, -0.05) is 30.3 Å². The van der Waals surface area contributed by atoms with E-state index in [-0.39, 0.29) is 11.7 Å². The van der Waals surface area contributed by atoms with E-state index in [1.165, 1.54) is 0 Å². The van der Waals surface area contributed by atoms with E-state index in [0.29, 0.717) is 29.4 Å². The first-order valence-corrected chi connectivity index (χ1v) is 13.4. The Morgan fingerprint density at radius 2 is 1.75 bits per heavy atom. The average Bonchev–Trinajstić information content (AvgIpc) is 2.82. The molecule has 9 heteroatoms. The van der Waals surface area contributed by atoms with Gasteiger partial charge in [-0.05, 0) is 50.2 Å². The number of rotatable bonds is 8. The summed E-state index contributed by atoms with van der Waals surface area (Å²) in [7, 11) is -2.23. The predicted octanol–water partition coefficient (Wildman–Crippen LogP) is 4.67. The third-order valence-electron chi connectivity index (χ3n) is 5.81. The number of amides is 1. The summed E-state index contributed by atoms with van der Waals surface area (Å²) in [6.45, 7) is 3.47. The standard InChI is InChI=1S/C27H30N2O6S/c1-27(2)17-22(21-15-14-20(33-3)16-25(21)35-27)28-26(30)18-29(36(4,31)32)23-12-8-9-13-24(23)34-19-10-6-5-7-11-19/h5-16,22H,17-18H2,1-4H3,(H,28,30). The van der Waals surface area contributed by atoms with Crippen LogP contribution in [0.1, 0.15) is 31.9 Å². The van der Waals surface area contributed by atoms with Crippen molar-refractivity contribution in [2.24, 2.45) is 0 Å². The number of hydrogen-bond acceptors (Lipinski definition) is 6. The summed E-state index contributed by atoms with van der Waals surface area (Å²) in [4.78, 5) is 13.2. The Morgan fingerprint density at radius 3 is 2.44 bits per heavy atom. The third-order valence-corrected chi connectivity index (χ3v) is 6.93. The van der Waals surface area contributed by atoms with E-state index in [2.05, 4.69) is 5.32 Å². The zero-order chi connectivity index (χ0) is 25.9. The van der Waals surface area contributed by atoms with Crippen LogP contribution in [0, 0.1) is 0 Å². The summed E-state index contributed by atoms with van der Waals surface area (Å²) in [6.07, 6.45) is 1.59. The van der Waals surface area contributed by atoms with Gasteiger partial charge in [0.2, 0.25) is 15.9 Å². The Kier molecular flexibility index (Phi) is 7.12. The van der Waals surface area contributed by atoms with Crippen LogP contribution in [0.15, 0.2) is 72.8 Å². The van der Waals surface area contributed by atoms with E-state index in [1.807, 2.05) is 38.1 Å². The molecule has 3 aromatic rings. The number of nitrogens with one attached hydrogen (secondary N) is 1. The first kappa shape index (κ1) is 25.4. The van der Waals surface area contributed by atoms with Gasteiger partial charge in [-0.2, -0.15) is 0 Å². The van der Waals surface area contributed by atoms with E-state index in [0.717, 1.165) is 16.1 Å². The second kappa shape index (κ2) is 10.1. The largest absolute Gasteiger partial charge is 0.497 e. The number of hydrogen-bond donors (Lipinski definition) is 1. The number of sulfonamides is 1. The molecule has 1 N–H and O–H groups in total. The van der Waals surface area contributed by atoms with Gasteiger partial charge in [0.05, 0.1) is 25.1 Å². The predicted molar refractivity (Wildman–Crippen MR) is 138 cm³/mol. The Hall–Kier alpha value is -3.72. The molecule has 1 aliphatic heterocycles. The number of para-hydroxylation sites is 3. The van der Waals surface area contributed by atoms with Gasteiger partial charge in [0.1, 0.15) is 29.4 Å². The Labute approximate surface area is 211 Å². The van der Waals surface area contributed by atoms with Gasteiger partial charge in [-0.15, -0.1) is 0 Å². The van der Waals surface area contributed by atoms with Crippen molar-refractivity contribution in [2.45, 2.75) is 31.9 Å². The molecule has 0 saturated heterocycles. The summed E-state index contributed by atoms with van der Waals surface area (Å²) >= 11 is 0. The number of fused-ring (bicyclic) bond motifs is 1. The van der Waals surface area contributed by atoms with Crippen LogP contribution in [-0.2, 0) is 14.8 Å². The molecule has 1 atom stereocenters. The quantitative estimate of drug-likeness (QED) is 0.473. The van der Waals surface area contributed by atoms with Crippen LogP contribution in [0.5, 0.6) is 23.0 Å². The molecule has 0 aromatic heterocycles. The summed E-state index contributed by atoms with van der Waals surface area (Å²) in [5.41, 5.74) is 0.544. The highest BCUT2D eigenvalue weighted by Crippen LogP contribution is 2.41.